The van der Waals surface area contributed by atoms with Gasteiger partial charge in [-0.05, 0) is 48.6 Å². The van der Waals surface area contributed by atoms with E-state index in [0.29, 0.717) is 23.6 Å². The molecule has 6 rings (SSSR count). The van der Waals surface area contributed by atoms with E-state index in [1.54, 1.807) is 13.0 Å². The standard InChI is InChI=1S/C33H27ClN2O4/c1-20(25-6-2-4-8-27(25)34)40-32(39)36-30-26-7-3-5-9-28(26)35-29(30)23-12-10-21(11-13-23)22-14-16-24(17-15-22)33(18-19-33)31(37)38/h2-17,20,35H,18-19H2,1H3,(H,36,39)(H,37,38). The highest BCUT2D eigenvalue weighted by Crippen LogP contribution is 2.48. The third-order valence-electron chi connectivity index (χ3n) is 7.66. The molecule has 200 valence electrons. The molecule has 0 bridgehead atoms. The van der Waals surface area contributed by atoms with Crippen molar-refractivity contribution < 1.29 is 19.4 Å². The highest BCUT2D eigenvalue weighted by molar-refractivity contribution is 6.31. The number of carboxylic acid groups (broad SMARTS) is 1. The van der Waals surface area contributed by atoms with Gasteiger partial charge in [0.2, 0.25) is 0 Å². The van der Waals surface area contributed by atoms with Gasteiger partial charge in [-0.25, -0.2) is 4.79 Å². The normalized spacial score (nSPS) is 14.4. The summed E-state index contributed by atoms with van der Waals surface area (Å²) >= 11 is 6.29. The maximum Gasteiger partial charge on any atom is 0.412 e. The molecular weight excluding hydrogens is 524 g/mol. The Morgan fingerprint density at radius 1 is 0.875 bits per heavy atom. The summed E-state index contributed by atoms with van der Waals surface area (Å²) in [5, 5.41) is 13.9. The molecule has 1 aromatic heterocycles. The number of ether oxygens (including phenoxy) is 1. The zero-order valence-corrected chi connectivity index (χ0v) is 22.5. The monoisotopic (exact) mass is 550 g/mol. The second-order valence-electron chi connectivity index (χ2n) is 10.2. The Morgan fingerprint density at radius 2 is 1.48 bits per heavy atom. The smallest absolute Gasteiger partial charge is 0.412 e. The fourth-order valence-electron chi connectivity index (χ4n) is 5.21. The number of rotatable bonds is 7. The van der Waals surface area contributed by atoms with Crippen LogP contribution in [0.2, 0.25) is 5.02 Å². The molecule has 1 unspecified atom stereocenters. The van der Waals surface area contributed by atoms with Crippen LogP contribution in [-0.2, 0) is 14.9 Å². The number of hydrogen-bond donors (Lipinski definition) is 3. The summed E-state index contributed by atoms with van der Waals surface area (Å²) in [6.07, 6.45) is 0.260. The summed E-state index contributed by atoms with van der Waals surface area (Å²) in [5.41, 5.74) is 6.07. The van der Waals surface area contributed by atoms with Crippen LogP contribution >= 0.6 is 11.6 Å². The molecule has 1 aliphatic rings. The molecule has 1 amide bonds. The lowest BCUT2D eigenvalue weighted by Gasteiger charge is -2.16. The topological polar surface area (TPSA) is 91.4 Å². The van der Waals surface area contributed by atoms with Crippen LogP contribution in [0.25, 0.3) is 33.3 Å². The predicted molar refractivity (Wildman–Crippen MR) is 158 cm³/mol. The third-order valence-corrected chi connectivity index (χ3v) is 8.01. The van der Waals surface area contributed by atoms with Crippen LogP contribution in [0.4, 0.5) is 10.5 Å². The van der Waals surface area contributed by atoms with Gasteiger partial charge in [0, 0.05) is 27.1 Å². The molecule has 0 aliphatic heterocycles. The Hall–Kier alpha value is -4.55. The van der Waals surface area contributed by atoms with E-state index in [1.807, 2.05) is 91.0 Å². The summed E-state index contributed by atoms with van der Waals surface area (Å²) in [6.45, 7) is 1.79. The van der Waals surface area contributed by atoms with Crippen LogP contribution in [0.1, 0.15) is 37.0 Å². The Morgan fingerprint density at radius 3 is 2.12 bits per heavy atom. The number of nitrogens with one attached hydrogen (secondary N) is 2. The number of hydrogen-bond acceptors (Lipinski definition) is 3. The fraction of sp³-hybridized carbons (Fsp3) is 0.152. The lowest BCUT2D eigenvalue weighted by atomic mass is 9.93. The summed E-state index contributed by atoms with van der Waals surface area (Å²) in [5.74, 6) is -0.755. The first kappa shape index (κ1) is 25.7. The molecule has 0 spiro atoms. The molecule has 7 heteroatoms. The van der Waals surface area contributed by atoms with Gasteiger partial charge in [-0.1, -0.05) is 96.5 Å². The summed E-state index contributed by atoms with van der Waals surface area (Å²) in [4.78, 5) is 28.1. The van der Waals surface area contributed by atoms with Crippen molar-refractivity contribution in [2.45, 2.75) is 31.3 Å². The van der Waals surface area contributed by atoms with Gasteiger partial charge < -0.3 is 14.8 Å². The van der Waals surface area contributed by atoms with Gasteiger partial charge in [-0.15, -0.1) is 0 Å². The van der Waals surface area contributed by atoms with Crippen LogP contribution in [0.15, 0.2) is 97.1 Å². The number of halogens is 1. The van der Waals surface area contributed by atoms with E-state index >= 15 is 0 Å². The van der Waals surface area contributed by atoms with Crippen LogP contribution < -0.4 is 5.32 Å². The average molecular weight is 551 g/mol. The number of fused-ring (bicyclic) bond motifs is 1. The molecule has 0 saturated heterocycles. The Balaban J connectivity index is 1.25. The minimum absolute atomic E-state index is 0.529. The van der Waals surface area contributed by atoms with Gasteiger partial charge in [-0.3, -0.25) is 10.1 Å². The number of carboxylic acids is 1. The van der Waals surface area contributed by atoms with Crippen LogP contribution in [0, 0.1) is 0 Å². The Kier molecular flexibility index (Phi) is 6.56. The molecular formula is C33H27ClN2O4. The van der Waals surface area contributed by atoms with Crippen molar-refractivity contribution in [3.05, 3.63) is 113 Å². The molecule has 1 atom stereocenters. The molecule has 3 N–H and O–H groups in total. The molecule has 1 aliphatic carbocycles. The quantitative estimate of drug-likeness (QED) is 0.189. The lowest BCUT2D eigenvalue weighted by Crippen LogP contribution is -2.19. The summed E-state index contributed by atoms with van der Waals surface area (Å²) in [6, 6.07) is 30.9. The van der Waals surface area contributed by atoms with E-state index in [1.165, 1.54) is 0 Å². The van der Waals surface area contributed by atoms with Gasteiger partial charge in [0.1, 0.15) is 6.10 Å². The SMILES string of the molecule is CC(OC(=O)Nc1c(-c2ccc(-c3ccc(C4(C(=O)O)CC4)cc3)cc2)[nH]c2ccccc12)c1ccccc1Cl. The number of aromatic amines is 1. The minimum atomic E-state index is -0.755. The maximum atomic E-state index is 13.0. The van der Waals surface area contributed by atoms with E-state index in [9.17, 15) is 14.7 Å². The highest BCUT2D eigenvalue weighted by Gasteiger charge is 2.51. The largest absolute Gasteiger partial charge is 0.481 e. The highest BCUT2D eigenvalue weighted by atomic mass is 35.5. The first-order valence-electron chi connectivity index (χ1n) is 13.1. The van der Waals surface area contributed by atoms with Crippen molar-refractivity contribution in [1.82, 2.24) is 4.98 Å². The van der Waals surface area contributed by atoms with Gasteiger partial charge >= 0.3 is 12.1 Å². The zero-order chi connectivity index (χ0) is 27.9. The molecule has 6 nitrogen and oxygen atoms in total. The minimum Gasteiger partial charge on any atom is -0.481 e. The molecule has 1 saturated carbocycles. The Bertz CT molecular complexity index is 1720. The number of carbonyl (C=O) groups is 2. The second-order valence-corrected chi connectivity index (χ2v) is 10.6. The van der Waals surface area contributed by atoms with E-state index in [4.69, 9.17) is 16.3 Å². The first-order valence-corrected chi connectivity index (χ1v) is 13.5. The number of anilines is 1. The van der Waals surface area contributed by atoms with Crippen LogP contribution in [-0.4, -0.2) is 22.2 Å². The molecule has 1 heterocycles. The molecule has 1 fully saturated rings. The maximum absolute atomic E-state index is 13.0. The van der Waals surface area contributed by atoms with Crippen LogP contribution in [0.3, 0.4) is 0 Å². The third kappa shape index (κ3) is 4.71. The van der Waals surface area contributed by atoms with Gasteiger partial charge in [-0.2, -0.15) is 0 Å². The second kappa shape index (κ2) is 10.2. The first-order chi connectivity index (χ1) is 19.4. The number of benzene rings is 4. The number of aromatic nitrogens is 1. The fourth-order valence-corrected chi connectivity index (χ4v) is 5.50. The number of aliphatic carboxylic acids is 1. The van der Waals surface area contributed by atoms with E-state index < -0.39 is 23.6 Å². The zero-order valence-electron chi connectivity index (χ0n) is 21.8. The van der Waals surface area contributed by atoms with Gasteiger partial charge in [0.25, 0.3) is 0 Å². The van der Waals surface area contributed by atoms with Crippen molar-refractivity contribution in [1.29, 1.82) is 0 Å². The van der Waals surface area contributed by atoms with E-state index in [2.05, 4.69) is 10.3 Å². The molecule has 0 radical (unpaired) electrons. The summed E-state index contributed by atoms with van der Waals surface area (Å²) < 4.78 is 5.67. The predicted octanol–water partition coefficient (Wildman–Crippen LogP) is 8.58. The van der Waals surface area contributed by atoms with Crippen molar-refractivity contribution in [3.8, 4) is 22.4 Å². The van der Waals surface area contributed by atoms with Crippen molar-refractivity contribution in [2.75, 3.05) is 5.32 Å². The number of para-hydroxylation sites is 1. The van der Waals surface area contributed by atoms with E-state index in [0.717, 1.165) is 44.4 Å². The molecule has 4 aromatic carbocycles. The summed E-state index contributed by atoms with van der Waals surface area (Å²) in [7, 11) is 0. The average Bonchev–Trinajstić information content (AvgIpc) is 3.71. The number of amides is 1. The van der Waals surface area contributed by atoms with Gasteiger partial charge in [0.15, 0.2) is 0 Å². The van der Waals surface area contributed by atoms with Gasteiger partial charge in [0.05, 0.1) is 16.8 Å². The van der Waals surface area contributed by atoms with Crippen molar-refractivity contribution >= 4 is 40.3 Å². The molecule has 5 aromatic rings. The molecule has 40 heavy (non-hydrogen) atoms. The Labute approximate surface area is 236 Å². The number of H-pyrrole nitrogens is 1. The lowest BCUT2D eigenvalue weighted by molar-refractivity contribution is -0.140. The van der Waals surface area contributed by atoms with Crippen molar-refractivity contribution in [2.24, 2.45) is 0 Å². The van der Waals surface area contributed by atoms with Crippen LogP contribution in [0.5, 0.6) is 0 Å². The van der Waals surface area contributed by atoms with Crippen molar-refractivity contribution in [3.63, 3.8) is 0 Å². The van der Waals surface area contributed by atoms with E-state index in [-0.39, 0.29) is 0 Å². The number of carbonyl (C=O) groups excluding carboxylic acids is 1.